The maximum atomic E-state index is 13.4. The number of aromatic nitrogens is 1. The lowest BCUT2D eigenvalue weighted by Gasteiger charge is -2.23. The molecule has 2 aromatic rings. The molecule has 4 nitrogen and oxygen atoms in total. The van der Waals surface area contributed by atoms with Gasteiger partial charge in [-0.3, -0.25) is 4.79 Å². The molecular formula is C17H21FN2O2. The number of rotatable bonds is 4. The van der Waals surface area contributed by atoms with E-state index in [-0.39, 0.29) is 30.2 Å². The number of hydrogen-bond acceptors (Lipinski definition) is 2. The molecule has 0 saturated heterocycles. The lowest BCUT2D eigenvalue weighted by atomic mass is 10.0. The summed E-state index contributed by atoms with van der Waals surface area (Å²) in [6, 6.07) is 4.53. The van der Waals surface area contributed by atoms with Gasteiger partial charge in [0.25, 0.3) is 0 Å². The van der Waals surface area contributed by atoms with Crippen molar-refractivity contribution in [3.63, 3.8) is 0 Å². The van der Waals surface area contributed by atoms with E-state index in [1.165, 1.54) is 12.1 Å². The Hall–Kier alpha value is -1.88. The molecule has 1 aromatic carbocycles. The number of fused-ring (bicyclic) bond motifs is 1. The average molecular weight is 304 g/mol. The van der Waals surface area contributed by atoms with Crippen LogP contribution in [-0.4, -0.2) is 40.6 Å². The first kappa shape index (κ1) is 15.0. The van der Waals surface area contributed by atoms with Gasteiger partial charge in [-0.05, 0) is 36.6 Å². The van der Waals surface area contributed by atoms with Crippen molar-refractivity contribution in [1.82, 2.24) is 9.88 Å². The number of likely N-dealkylation sites (N-methyl/N-ethyl adjacent to an activating group) is 1. The Morgan fingerprint density at radius 2 is 2.27 bits per heavy atom. The van der Waals surface area contributed by atoms with Crippen LogP contribution >= 0.6 is 0 Å². The number of aliphatic hydroxyl groups excluding tert-OH is 1. The third kappa shape index (κ3) is 2.99. The summed E-state index contributed by atoms with van der Waals surface area (Å²) >= 11 is 0. The topological polar surface area (TPSA) is 56.3 Å². The first-order valence-electron chi connectivity index (χ1n) is 7.72. The largest absolute Gasteiger partial charge is 0.393 e. The van der Waals surface area contributed by atoms with Crippen LogP contribution in [0.3, 0.4) is 0 Å². The Balaban J connectivity index is 1.68. The monoisotopic (exact) mass is 304 g/mol. The molecule has 2 N–H and O–H groups in total. The first-order valence-corrected chi connectivity index (χ1v) is 7.72. The van der Waals surface area contributed by atoms with E-state index in [2.05, 4.69) is 4.98 Å². The summed E-state index contributed by atoms with van der Waals surface area (Å²) in [6.07, 6.45) is 4.53. The number of nitrogens with one attached hydrogen (secondary N) is 1. The molecule has 1 fully saturated rings. The standard InChI is InChI=1S/C17H21FN2O2/c1-20(10-11-3-2-4-16(11)21)17(22)7-12-9-19-15-6-5-13(18)8-14(12)15/h5-6,8-9,11,16,19,21H,2-4,7,10H2,1H3. The average Bonchev–Trinajstić information content (AvgIpc) is 3.06. The number of hydrogen-bond donors (Lipinski definition) is 2. The van der Waals surface area contributed by atoms with Gasteiger partial charge in [-0.15, -0.1) is 0 Å². The second-order valence-corrected chi connectivity index (χ2v) is 6.21. The van der Waals surface area contributed by atoms with Crippen LogP contribution in [0.1, 0.15) is 24.8 Å². The van der Waals surface area contributed by atoms with Crippen LogP contribution in [0.5, 0.6) is 0 Å². The van der Waals surface area contributed by atoms with Crippen molar-refractivity contribution in [1.29, 1.82) is 0 Å². The number of nitrogens with zero attached hydrogens (tertiary/aromatic N) is 1. The van der Waals surface area contributed by atoms with Gasteiger partial charge in [-0.25, -0.2) is 4.39 Å². The van der Waals surface area contributed by atoms with E-state index in [1.807, 2.05) is 0 Å². The number of aromatic amines is 1. The van der Waals surface area contributed by atoms with E-state index in [1.54, 1.807) is 24.2 Å². The SMILES string of the molecule is CN(CC1CCCC1O)C(=O)Cc1c[nH]c2ccc(F)cc12. The van der Waals surface area contributed by atoms with Crippen LogP contribution in [0, 0.1) is 11.7 Å². The number of H-pyrrole nitrogens is 1. The third-order valence-corrected chi connectivity index (χ3v) is 4.62. The van der Waals surface area contributed by atoms with Crippen LogP contribution < -0.4 is 0 Å². The van der Waals surface area contributed by atoms with Crippen molar-refractivity contribution >= 4 is 16.8 Å². The van der Waals surface area contributed by atoms with Crippen LogP contribution in [0.4, 0.5) is 4.39 Å². The molecule has 0 bridgehead atoms. The van der Waals surface area contributed by atoms with E-state index in [0.717, 1.165) is 35.7 Å². The molecule has 1 saturated carbocycles. The molecule has 22 heavy (non-hydrogen) atoms. The molecule has 1 aliphatic rings. The molecule has 1 amide bonds. The van der Waals surface area contributed by atoms with Crippen LogP contribution in [-0.2, 0) is 11.2 Å². The fourth-order valence-corrected chi connectivity index (χ4v) is 3.28. The highest BCUT2D eigenvalue weighted by atomic mass is 19.1. The highest BCUT2D eigenvalue weighted by Gasteiger charge is 2.27. The summed E-state index contributed by atoms with van der Waals surface area (Å²) in [5.41, 5.74) is 1.64. The zero-order valence-corrected chi connectivity index (χ0v) is 12.7. The molecule has 118 valence electrons. The Morgan fingerprint density at radius 3 is 3.00 bits per heavy atom. The van der Waals surface area contributed by atoms with E-state index in [4.69, 9.17) is 0 Å². The van der Waals surface area contributed by atoms with Gasteiger partial charge in [0.2, 0.25) is 5.91 Å². The van der Waals surface area contributed by atoms with Crippen molar-refractivity contribution in [2.45, 2.75) is 31.8 Å². The Labute approximate surface area is 128 Å². The molecule has 0 aliphatic heterocycles. The van der Waals surface area contributed by atoms with Gasteiger partial charge < -0.3 is 15.0 Å². The summed E-state index contributed by atoms with van der Waals surface area (Å²) in [5, 5.41) is 10.6. The molecule has 2 unspecified atom stereocenters. The first-order chi connectivity index (χ1) is 10.5. The molecule has 1 aliphatic carbocycles. The zero-order chi connectivity index (χ0) is 15.7. The van der Waals surface area contributed by atoms with E-state index in [0.29, 0.717) is 6.54 Å². The Bertz CT molecular complexity index is 682. The summed E-state index contributed by atoms with van der Waals surface area (Å²) in [6.45, 7) is 0.580. The number of carbonyl (C=O) groups is 1. The zero-order valence-electron chi connectivity index (χ0n) is 12.7. The van der Waals surface area contributed by atoms with Crippen molar-refractivity contribution < 1.29 is 14.3 Å². The van der Waals surface area contributed by atoms with E-state index >= 15 is 0 Å². The number of benzene rings is 1. The van der Waals surface area contributed by atoms with Crippen molar-refractivity contribution in [2.24, 2.45) is 5.92 Å². The minimum absolute atomic E-state index is 0.00994. The smallest absolute Gasteiger partial charge is 0.226 e. The van der Waals surface area contributed by atoms with Crippen molar-refractivity contribution in [3.8, 4) is 0 Å². The normalized spacial score (nSPS) is 21.4. The lowest BCUT2D eigenvalue weighted by molar-refractivity contribution is -0.130. The molecule has 1 aromatic heterocycles. The maximum Gasteiger partial charge on any atom is 0.226 e. The van der Waals surface area contributed by atoms with Gasteiger partial charge in [-0.2, -0.15) is 0 Å². The minimum atomic E-state index is -0.303. The second kappa shape index (κ2) is 6.08. The highest BCUT2D eigenvalue weighted by molar-refractivity contribution is 5.88. The van der Waals surface area contributed by atoms with Crippen LogP contribution in [0.2, 0.25) is 0 Å². The predicted octanol–water partition coefficient (Wildman–Crippen LogP) is 2.47. The number of halogens is 1. The third-order valence-electron chi connectivity index (χ3n) is 4.62. The summed E-state index contributed by atoms with van der Waals surface area (Å²) < 4.78 is 13.4. The maximum absolute atomic E-state index is 13.4. The molecule has 0 spiro atoms. The van der Waals surface area contributed by atoms with Crippen LogP contribution in [0.25, 0.3) is 10.9 Å². The van der Waals surface area contributed by atoms with E-state index < -0.39 is 0 Å². The second-order valence-electron chi connectivity index (χ2n) is 6.21. The number of aliphatic hydroxyl groups is 1. The summed E-state index contributed by atoms with van der Waals surface area (Å²) in [4.78, 5) is 17.1. The quantitative estimate of drug-likeness (QED) is 0.911. The van der Waals surface area contributed by atoms with Crippen LogP contribution in [0.15, 0.2) is 24.4 Å². The van der Waals surface area contributed by atoms with Gasteiger partial charge in [0.05, 0.1) is 12.5 Å². The van der Waals surface area contributed by atoms with E-state index in [9.17, 15) is 14.3 Å². The van der Waals surface area contributed by atoms with Gasteiger partial charge in [0.15, 0.2) is 0 Å². The summed E-state index contributed by atoms with van der Waals surface area (Å²) in [5.74, 6) is -0.137. The van der Waals surface area contributed by atoms with Gasteiger partial charge in [0, 0.05) is 36.6 Å². The molecular weight excluding hydrogens is 283 g/mol. The van der Waals surface area contributed by atoms with Gasteiger partial charge in [-0.1, -0.05) is 6.42 Å². The van der Waals surface area contributed by atoms with Crippen molar-refractivity contribution in [2.75, 3.05) is 13.6 Å². The fourth-order valence-electron chi connectivity index (χ4n) is 3.28. The van der Waals surface area contributed by atoms with Gasteiger partial charge >= 0.3 is 0 Å². The molecule has 3 rings (SSSR count). The summed E-state index contributed by atoms with van der Waals surface area (Å²) in [7, 11) is 1.77. The number of amides is 1. The fraction of sp³-hybridized carbons (Fsp3) is 0.471. The minimum Gasteiger partial charge on any atom is -0.393 e. The van der Waals surface area contributed by atoms with Crippen molar-refractivity contribution in [3.05, 3.63) is 35.8 Å². The molecule has 0 radical (unpaired) electrons. The molecule has 5 heteroatoms. The molecule has 2 atom stereocenters. The highest BCUT2D eigenvalue weighted by Crippen LogP contribution is 2.26. The Morgan fingerprint density at radius 1 is 1.45 bits per heavy atom. The lowest BCUT2D eigenvalue weighted by Crippen LogP contribution is -2.35. The molecule has 1 heterocycles. The predicted molar refractivity (Wildman–Crippen MR) is 82.9 cm³/mol. The number of carbonyl (C=O) groups excluding carboxylic acids is 1. The Kier molecular flexibility index (Phi) is 4.16. The van der Waals surface area contributed by atoms with Gasteiger partial charge in [0.1, 0.15) is 5.82 Å².